The van der Waals surface area contributed by atoms with Crippen molar-refractivity contribution in [2.75, 3.05) is 32.8 Å². The van der Waals surface area contributed by atoms with Crippen LogP contribution in [0.15, 0.2) is 71.3 Å². The Labute approximate surface area is 181 Å². The summed E-state index contributed by atoms with van der Waals surface area (Å²) in [6, 6.07) is 21.8. The predicted molar refractivity (Wildman–Crippen MR) is 115 cm³/mol. The molecule has 0 spiro atoms. The van der Waals surface area contributed by atoms with Crippen molar-refractivity contribution in [1.29, 1.82) is 0 Å². The molecule has 1 aromatic heterocycles. The van der Waals surface area contributed by atoms with Gasteiger partial charge in [-0.3, -0.25) is 4.79 Å². The Kier molecular flexibility index (Phi) is 6.31. The average molecular weight is 419 g/mol. The second-order valence-electron chi connectivity index (χ2n) is 7.35. The van der Waals surface area contributed by atoms with E-state index < -0.39 is 0 Å². The van der Waals surface area contributed by atoms with E-state index in [0.29, 0.717) is 38.5 Å². The number of benzene rings is 2. The summed E-state index contributed by atoms with van der Waals surface area (Å²) in [7, 11) is 0. The highest BCUT2D eigenvalue weighted by Gasteiger charge is 2.29. The molecule has 0 unspecified atom stereocenters. The molecule has 4 rings (SSSR count). The van der Waals surface area contributed by atoms with Crippen LogP contribution in [0.25, 0.3) is 0 Å². The molecule has 0 saturated carbocycles. The molecule has 31 heavy (non-hydrogen) atoms. The summed E-state index contributed by atoms with van der Waals surface area (Å²) in [5.41, 5.74) is 2.83. The fourth-order valence-electron chi connectivity index (χ4n) is 3.81. The lowest BCUT2D eigenvalue weighted by molar-refractivity contribution is 0.0539. The minimum Gasteiger partial charge on any atom is -0.450 e. The van der Waals surface area contributed by atoms with Crippen molar-refractivity contribution < 1.29 is 18.8 Å². The molecule has 0 bridgehead atoms. The van der Waals surface area contributed by atoms with Crippen molar-refractivity contribution in [3.05, 3.63) is 89.3 Å². The van der Waals surface area contributed by atoms with Gasteiger partial charge in [0.2, 0.25) is 5.76 Å². The van der Waals surface area contributed by atoms with Gasteiger partial charge in [-0.2, -0.15) is 0 Å². The minimum absolute atomic E-state index is 0.131. The molecule has 2 amide bonds. The standard InChI is InChI=1S/C24H25N3O4/c1-2-30-24(29)27-15-13-26(14-16-27)23(28)21-17-20(25-31-21)22(18-9-5-3-6-10-18)19-11-7-4-8-12-19/h3-12,17,22H,2,13-16H2,1H3. The SMILES string of the molecule is CCOC(=O)N1CCN(C(=O)c2cc(C(c3ccccc3)c3ccccc3)no2)CC1. The second-order valence-corrected chi connectivity index (χ2v) is 7.35. The summed E-state index contributed by atoms with van der Waals surface area (Å²) >= 11 is 0. The highest BCUT2D eigenvalue weighted by atomic mass is 16.6. The first-order valence-electron chi connectivity index (χ1n) is 10.4. The molecule has 0 aliphatic carbocycles. The smallest absolute Gasteiger partial charge is 0.409 e. The Bertz CT molecular complexity index is 972. The summed E-state index contributed by atoms with van der Waals surface area (Å²) in [5, 5.41) is 4.25. The van der Waals surface area contributed by atoms with Crippen LogP contribution in [-0.2, 0) is 4.74 Å². The first kappa shape index (κ1) is 20.7. The first-order valence-corrected chi connectivity index (χ1v) is 10.4. The molecule has 7 heteroatoms. The zero-order valence-electron chi connectivity index (χ0n) is 17.4. The van der Waals surface area contributed by atoms with Gasteiger partial charge in [-0.15, -0.1) is 0 Å². The Hall–Kier alpha value is -3.61. The maximum absolute atomic E-state index is 13.0. The van der Waals surface area contributed by atoms with Crippen molar-refractivity contribution in [2.45, 2.75) is 12.8 Å². The summed E-state index contributed by atoms with van der Waals surface area (Å²) in [5.74, 6) is -0.146. The summed E-state index contributed by atoms with van der Waals surface area (Å²) < 4.78 is 10.5. The molecule has 1 aliphatic heterocycles. The number of hydrogen-bond donors (Lipinski definition) is 0. The second kappa shape index (κ2) is 9.47. The number of amides is 2. The molecule has 7 nitrogen and oxygen atoms in total. The van der Waals surface area contributed by atoms with Crippen molar-refractivity contribution >= 4 is 12.0 Å². The minimum atomic E-state index is -0.342. The third kappa shape index (κ3) is 4.60. The molecule has 2 aromatic carbocycles. The Morgan fingerprint density at radius 3 is 2.03 bits per heavy atom. The number of aromatic nitrogens is 1. The van der Waals surface area contributed by atoms with E-state index in [1.54, 1.807) is 22.8 Å². The van der Waals surface area contributed by atoms with Gasteiger partial charge in [0, 0.05) is 32.2 Å². The van der Waals surface area contributed by atoms with Crippen molar-refractivity contribution in [3.8, 4) is 0 Å². The lowest BCUT2D eigenvalue weighted by Crippen LogP contribution is -2.50. The van der Waals surface area contributed by atoms with Gasteiger partial charge >= 0.3 is 6.09 Å². The fraction of sp³-hybridized carbons (Fsp3) is 0.292. The molecule has 1 saturated heterocycles. The monoisotopic (exact) mass is 419 g/mol. The topological polar surface area (TPSA) is 75.9 Å². The molecule has 0 atom stereocenters. The first-order chi connectivity index (χ1) is 15.2. The lowest BCUT2D eigenvalue weighted by atomic mass is 9.88. The van der Waals surface area contributed by atoms with E-state index in [4.69, 9.17) is 9.26 Å². The average Bonchev–Trinajstić information content (AvgIpc) is 3.30. The molecule has 2 heterocycles. The number of nitrogens with zero attached hydrogens (tertiary/aromatic N) is 3. The Balaban J connectivity index is 1.51. The fourth-order valence-corrected chi connectivity index (χ4v) is 3.81. The molecular weight excluding hydrogens is 394 g/mol. The maximum Gasteiger partial charge on any atom is 0.409 e. The number of carbonyl (C=O) groups is 2. The van der Waals surface area contributed by atoms with E-state index in [9.17, 15) is 9.59 Å². The summed E-state index contributed by atoms with van der Waals surface area (Å²) in [6.45, 7) is 3.83. The third-order valence-corrected chi connectivity index (χ3v) is 5.39. The van der Waals surface area contributed by atoms with Crippen LogP contribution in [0.3, 0.4) is 0 Å². The van der Waals surface area contributed by atoms with Gasteiger partial charge < -0.3 is 19.1 Å². The van der Waals surface area contributed by atoms with Gasteiger partial charge in [-0.25, -0.2) is 4.79 Å². The van der Waals surface area contributed by atoms with Gasteiger partial charge in [0.05, 0.1) is 18.2 Å². The maximum atomic E-state index is 13.0. The van der Waals surface area contributed by atoms with Crippen LogP contribution in [0.2, 0.25) is 0 Å². The van der Waals surface area contributed by atoms with Gasteiger partial charge in [-0.1, -0.05) is 65.8 Å². The van der Waals surface area contributed by atoms with E-state index in [-0.39, 0.29) is 23.7 Å². The Morgan fingerprint density at radius 2 is 1.48 bits per heavy atom. The van der Waals surface area contributed by atoms with Gasteiger partial charge in [0.25, 0.3) is 5.91 Å². The van der Waals surface area contributed by atoms with E-state index in [1.165, 1.54) is 0 Å². The summed E-state index contributed by atoms with van der Waals surface area (Å²) in [4.78, 5) is 28.1. The molecule has 0 radical (unpaired) electrons. The van der Waals surface area contributed by atoms with Crippen molar-refractivity contribution in [2.24, 2.45) is 0 Å². The van der Waals surface area contributed by atoms with Crippen LogP contribution in [0, 0.1) is 0 Å². The highest BCUT2D eigenvalue weighted by Crippen LogP contribution is 2.31. The van der Waals surface area contributed by atoms with Crippen LogP contribution in [0.5, 0.6) is 0 Å². The predicted octanol–water partition coefficient (Wildman–Crippen LogP) is 3.77. The van der Waals surface area contributed by atoms with E-state index in [1.807, 2.05) is 60.7 Å². The molecule has 3 aromatic rings. The van der Waals surface area contributed by atoms with Gasteiger partial charge in [-0.05, 0) is 18.1 Å². The highest BCUT2D eigenvalue weighted by molar-refractivity contribution is 5.91. The molecule has 1 aliphatic rings. The third-order valence-electron chi connectivity index (χ3n) is 5.39. The van der Waals surface area contributed by atoms with Crippen LogP contribution in [0.1, 0.15) is 40.2 Å². The largest absolute Gasteiger partial charge is 0.450 e. The quantitative estimate of drug-likeness (QED) is 0.629. The number of piperazine rings is 1. The molecule has 160 valence electrons. The number of hydrogen-bond acceptors (Lipinski definition) is 5. The zero-order chi connectivity index (χ0) is 21.6. The molecule has 0 N–H and O–H groups in total. The molecule has 1 fully saturated rings. The van der Waals surface area contributed by atoms with Crippen LogP contribution in [0.4, 0.5) is 4.79 Å². The molecular formula is C24H25N3O4. The Morgan fingerprint density at radius 1 is 0.935 bits per heavy atom. The normalized spacial score (nSPS) is 14.0. The van der Waals surface area contributed by atoms with Crippen LogP contribution < -0.4 is 0 Å². The number of carbonyl (C=O) groups excluding carboxylic acids is 2. The van der Waals surface area contributed by atoms with Crippen molar-refractivity contribution in [3.63, 3.8) is 0 Å². The van der Waals surface area contributed by atoms with Gasteiger partial charge in [0.1, 0.15) is 0 Å². The van der Waals surface area contributed by atoms with E-state index in [0.717, 1.165) is 11.1 Å². The zero-order valence-corrected chi connectivity index (χ0v) is 17.4. The van der Waals surface area contributed by atoms with E-state index in [2.05, 4.69) is 5.16 Å². The van der Waals surface area contributed by atoms with Crippen LogP contribution in [-0.4, -0.2) is 59.7 Å². The number of rotatable bonds is 5. The number of ether oxygens (including phenoxy) is 1. The van der Waals surface area contributed by atoms with Crippen molar-refractivity contribution in [1.82, 2.24) is 15.0 Å². The lowest BCUT2D eigenvalue weighted by Gasteiger charge is -2.33. The van der Waals surface area contributed by atoms with E-state index >= 15 is 0 Å². The van der Waals surface area contributed by atoms with Crippen LogP contribution >= 0.6 is 0 Å². The van der Waals surface area contributed by atoms with Gasteiger partial charge in [0.15, 0.2) is 0 Å². The summed E-state index contributed by atoms with van der Waals surface area (Å²) in [6.07, 6.45) is -0.342.